The lowest BCUT2D eigenvalue weighted by atomic mass is 9.93. The summed E-state index contributed by atoms with van der Waals surface area (Å²) in [6.07, 6.45) is 26.6. The molecule has 3 aromatic rings. The summed E-state index contributed by atoms with van der Waals surface area (Å²) in [5.74, 6) is 0.369. The van der Waals surface area contributed by atoms with Crippen LogP contribution in [0.15, 0.2) is 17.5 Å². The molecule has 3 rings (SSSR count). The van der Waals surface area contributed by atoms with E-state index in [4.69, 9.17) is 0 Å². The van der Waals surface area contributed by atoms with Crippen molar-refractivity contribution in [3.05, 3.63) is 33.5 Å². The number of ketones is 1. The minimum Gasteiger partial charge on any atom is -0.293 e. The van der Waals surface area contributed by atoms with Crippen LogP contribution in [-0.4, -0.2) is 5.78 Å². The third-order valence-electron chi connectivity index (χ3n) is 8.19. The number of carbonyl (C=O) groups is 1. The predicted molar refractivity (Wildman–Crippen MR) is 174 cm³/mol. The highest BCUT2D eigenvalue weighted by Gasteiger charge is 2.20. The number of rotatable bonds is 22. The molecule has 0 aliphatic rings. The fourth-order valence-electron chi connectivity index (χ4n) is 5.86. The maximum Gasteiger partial charge on any atom is 0.172 e. The Morgan fingerprint density at radius 1 is 0.605 bits per heavy atom. The van der Waals surface area contributed by atoms with Gasteiger partial charge in [0.15, 0.2) is 5.78 Å². The van der Waals surface area contributed by atoms with Gasteiger partial charge in [0.05, 0.1) is 4.88 Å². The van der Waals surface area contributed by atoms with Crippen LogP contribution in [0.3, 0.4) is 0 Å². The van der Waals surface area contributed by atoms with Crippen LogP contribution in [0.25, 0.3) is 20.2 Å². The fraction of sp³-hybridized carbons (Fsp3) is 0.686. The maximum absolute atomic E-state index is 13.2. The van der Waals surface area contributed by atoms with E-state index >= 15 is 0 Å². The quantitative estimate of drug-likeness (QED) is 0.0891. The zero-order valence-corrected chi connectivity index (χ0v) is 26.4. The lowest BCUT2D eigenvalue weighted by Gasteiger charge is -2.14. The topological polar surface area (TPSA) is 17.1 Å². The number of benzene rings is 1. The van der Waals surface area contributed by atoms with Gasteiger partial charge in [0.25, 0.3) is 0 Å². The summed E-state index contributed by atoms with van der Waals surface area (Å²) in [5.41, 5.74) is 3.20. The van der Waals surface area contributed by atoms with E-state index in [2.05, 4.69) is 38.3 Å². The van der Waals surface area contributed by atoms with E-state index in [9.17, 15) is 4.79 Å². The summed E-state index contributed by atoms with van der Waals surface area (Å²) in [6, 6.07) is 4.57. The molecule has 0 radical (unpaired) electrons. The van der Waals surface area contributed by atoms with Gasteiger partial charge in [-0.1, -0.05) is 117 Å². The monoisotopic (exact) mass is 554 g/mol. The first-order valence-corrected chi connectivity index (χ1v) is 17.9. The second-order valence-electron chi connectivity index (χ2n) is 11.5. The van der Waals surface area contributed by atoms with Crippen LogP contribution < -0.4 is 0 Å². The molecule has 1 nitrogen and oxygen atoms in total. The van der Waals surface area contributed by atoms with Crippen LogP contribution in [0.4, 0.5) is 0 Å². The van der Waals surface area contributed by atoms with Gasteiger partial charge in [-0.2, -0.15) is 0 Å². The van der Waals surface area contributed by atoms with Crippen molar-refractivity contribution in [3.63, 3.8) is 0 Å². The lowest BCUT2D eigenvalue weighted by molar-refractivity contribution is 0.0983. The van der Waals surface area contributed by atoms with Crippen molar-refractivity contribution < 1.29 is 4.79 Å². The average Bonchev–Trinajstić information content (AvgIpc) is 3.58. The summed E-state index contributed by atoms with van der Waals surface area (Å²) in [4.78, 5) is 14.2. The van der Waals surface area contributed by atoms with E-state index in [-0.39, 0.29) is 0 Å². The van der Waals surface area contributed by atoms with Crippen molar-refractivity contribution in [1.29, 1.82) is 0 Å². The highest BCUT2D eigenvalue weighted by atomic mass is 32.1. The average molecular weight is 555 g/mol. The van der Waals surface area contributed by atoms with Gasteiger partial charge >= 0.3 is 0 Å². The molecule has 0 spiro atoms. The number of hydrogen-bond acceptors (Lipinski definition) is 3. The molecule has 0 unspecified atom stereocenters. The summed E-state index contributed by atoms with van der Waals surface area (Å²) in [6.45, 7) is 6.85. The van der Waals surface area contributed by atoms with E-state index < -0.39 is 0 Å². The van der Waals surface area contributed by atoms with Crippen LogP contribution in [0.5, 0.6) is 0 Å². The van der Waals surface area contributed by atoms with E-state index in [1.165, 1.54) is 142 Å². The number of Topliss-reactive ketones (excluding diaryl/α,β-unsaturated/α-hetero) is 1. The van der Waals surface area contributed by atoms with E-state index in [0.717, 1.165) is 11.3 Å². The van der Waals surface area contributed by atoms with Crippen molar-refractivity contribution in [2.24, 2.45) is 0 Å². The van der Waals surface area contributed by atoms with Crippen molar-refractivity contribution >= 4 is 48.6 Å². The van der Waals surface area contributed by atoms with Gasteiger partial charge in [-0.15, -0.1) is 22.7 Å². The number of fused-ring (bicyclic) bond motifs is 3. The molecule has 38 heavy (non-hydrogen) atoms. The SMILES string of the molecule is CCCCCCCCC(=O)c1cc2c(s1)c(CCCCCCCC)c(CCCCCCCC)c1sccc12. The van der Waals surface area contributed by atoms with Gasteiger partial charge in [0.2, 0.25) is 0 Å². The lowest BCUT2D eigenvalue weighted by Crippen LogP contribution is -1.97. The normalized spacial score (nSPS) is 11.8. The zero-order valence-electron chi connectivity index (χ0n) is 24.8. The molecule has 0 aliphatic heterocycles. The molecule has 2 aromatic heterocycles. The van der Waals surface area contributed by atoms with Crippen LogP contribution in [0.1, 0.15) is 164 Å². The van der Waals surface area contributed by atoms with Crippen molar-refractivity contribution in [2.45, 2.75) is 156 Å². The molecule has 3 heteroatoms. The molecular weight excluding hydrogens is 501 g/mol. The van der Waals surface area contributed by atoms with Crippen molar-refractivity contribution in [3.8, 4) is 0 Å². The Bertz CT molecular complexity index is 1070. The summed E-state index contributed by atoms with van der Waals surface area (Å²) in [5, 5.41) is 5.02. The third-order valence-corrected chi connectivity index (χ3v) is 10.4. The number of unbranched alkanes of at least 4 members (excludes halogenated alkanes) is 15. The molecule has 0 fully saturated rings. The molecule has 0 aliphatic carbocycles. The zero-order chi connectivity index (χ0) is 27.0. The number of thiophene rings is 2. The molecule has 1 aromatic carbocycles. The van der Waals surface area contributed by atoms with Crippen LogP contribution >= 0.6 is 22.7 Å². The predicted octanol–water partition coefficient (Wildman–Crippen LogP) is 12.9. The molecule has 2 heterocycles. The molecule has 0 bridgehead atoms. The second-order valence-corrected chi connectivity index (χ2v) is 13.4. The van der Waals surface area contributed by atoms with Gasteiger partial charge in [-0.25, -0.2) is 0 Å². The van der Waals surface area contributed by atoms with Crippen LogP contribution in [-0.2, 0) is 12.8 Å². The largest absolute Gasteiger partial charge is 0.293 e. The first-order chi connectivity index (χ1) is 18.7. The number of hydrogen-bond donors (Lipinski definition) is 0. The molecule has 0 atom stereocenters. The van der Waals surface area contributed by atoms with Gasteiger partial charge in [0, 0.05) is 26.6 Å². The maximum atomic E-state index is 13.2. The third kappa shape index (κ3) is 9.47. The number of carbonyl (C=O) groups excluding carboxylic acids is 1. The first kappa shape index (κ1) is 31.3. The first-order valence-electron chi connectivity index (χ1n) is 16.2. The molecule has 0 saturated heterocycles. The Morgan fingerprint density at radius 2 is 1.11 bits per heavy atom. The summed E-state index contributed by atoms with van der Waals surface area (Å²) < 4.78 is 2.93. The van der Waals surface area contributed by atoms with Gasteiger partial charge in [-0.05, 0) is 60.7 Å². The van der Waals surface area contributed by atoms with Gasteiger partial charge in [0.1, 0.15) is 0 Å². The molecule has 212 valence electrons. The van der Waals surface area contributed by atoms with Gasteiger partial charge < -0.3 is 0 Å². The second kappa shape index (κ2) is 18.2. The Labute approximate surface area is 241 Å². The highest BCUT2D eigenvalue weighted by molar-refractivity contribution is 7.22. The minimum atomic E-state index is 0.369. The van der Waals surface area contributed by atoms with E-state index in [1.54, 1.807) is 11.1 Å². The molecular formula is C35H54OS2. The Morgan fingerprint density at radius 3 is 1.68 bits per heavy atom. The van der Waals surface area contributed by atoms with Gasteiger partial charge in [-0.3, -0.25) is 4.79 Å². The smallest absolute Gasteiger partial charge is 0.172 e. The van der Waals surface area contributed by atoms with E-state index in [1.807, 2.05) is 22.7 Å². The van der Waals surface area contributed by atoms with Crippen LogP contribution in [0, 0.1) is 0 Å². The van der Waals surface area contributed by atoms with Crippen molar-refractivity contribution in [2.75, 3.05) is 0 Å². The highest BCUT2D eigenvalue weighted by Crippen LogP contribution is 2.42. The summed E-state index contributed by atoms with van der Waals surface area (Å²) in [7, 11) is 0. The van der Waals surface area contributed by atoms with Crippen LogP contribution in [0.2, 0.25) is 0 Å². The Balaban J connectivity index is 1.79. The number of aryl methyl sites for hydroxylation is 2. The standard InChI is InChI=1S/C35H54OS2/c1-4-7-10-13-16-19-22-28-29(23-20-17-14-11-8-5-2)35-31(30-25-26-37-34(28)30)27-33(38-35)32(36)24-21-18-15-12-9-6-3/h25-27H,4-24H2,1-3H3. The Kier molecular flexibility index (Phi) is 15.0. The summed E-state index contributed by atoms with van der Waals surface area (Å²) >= 11 is 3.74. The van der Waals surface area contributed by atoms with Crippen molar-refractivity contribution in [1.82, 2.24) is 0 Å². The molecule has 0 saturated carbocycles. The minimum absolute atomic E-state index is 0.369. The van der Waals surface area contributed by atoms with E-state index in [0.29, 0.717) is 12.2 Å². The molecule has 0 N–H and O–H groups in total. The molecule has 0 amide bonds. The Hall–Kier alpha value is -1.19. The fourth-order valence-corrected chi connectivity index (χ4v) is 8.12.